The lowest BCUT2D eigenvalue weighted by molar-refractivity contribution is -0.151. The van der Waals surface area contributed by atoms with E-state index in [-0.39, 0.29) is 12.0 Å². The lowest BCUT2D eigenvalue weighted by Crippen LogP contribution is -2.45. The van der Waals surface area contributed by atoms with Crippen LogP contribution in [0.5, 0.6) is 0 Å². The Bertz CT molecular complexity index is 221. The first kappa shape index (κ1) is 14.5. The van der Waals surface area contributed by atoms with Crippen molar-refractivity contribution in [2.75, 3.05) is 32.9 Å². The second-order valence-electron chi connectivity index (χ2n) is 4.36. The lowest BCUT2D eigenvalue weighted by atomic mass is 10.0. The molecule has 0 aliphatic carbocycles. The van der Waals surface area contributed by atoms with E-state index in [0.29, 0.717) is 13.2 Å². The molecule has 0 spiro atoms. The van der Waals surface area contributed by atoms with Crippen molar-refractivity contribution in [3.05, 3.63) is 0 Å². The molecule has 0 aromatic rings. The molecule has 1 fully saturated rings. The summed E-state index contributed by atoms with van der Waals surface area (Å²) in [4.78, 5) is 14.1. The number of hydrogen-bond acceptors (Lipinski definition) is 4. The fourth-order valence-electron chi connectivity index (χ4n) is 2.21. The Morgan fingerprint density at radius 2 is 2.12 bits per heavy atom. The van der Waals surface area contributed by atoms with E-state index in [9.17, 15) is 4.79 Å². The molecule has 0 unspecified atom stereocenters. The Labute approximate surface area is 104 Å². The summed E-state index contributed by atoms with van der Waals surface area (Å²) in [6.45, 7) is 7.89. The summed E-state index contributed by atoms with van der Waals surface area (Å²) >= 11 is 0. The van der Waals surface area contributed by atoms with E-state index in [1.807, 2.05) is 6.92 Å². The van der Waals surface area contributed by atoms with Gasteiger partial charge in [0.15, 0.2) is 0 Å². The summed E-state index contributed by atoms with van der Waals surface area (Å²) < 4.78 is 10.5. The molecule has 1 rings (SSSR count). The molecule has 0 aromatic carbocycles. The van der Waals surface area contributed by atoms with E-state index in [0.717, 1.165) is 39.0 Å². The average molecular weight is 243 g/mol. The van der Waals surface area contributed by atoms with Crippen molar-refractivity contribution in [2.45, 2.75) is 45.6 Å². The number of rotatable bonds is 7. The molecule has 0 amide bonds. The van der Waals surface area contributed by atoms with Crippen LogP contribution >= 0.6 is 0 Å². The quantitative estimate of drug-likeness (QED) is 0.505. The van der Waals surface area contributed by atoms with Crippen LogP contribution in [-0.2, 0) is 14.3 Å². The molecule has 1 atom stereocenters. The Hall–Kier alpha value is -0.610. The largest absolute Gasteiger partial charge is 0.464 e. The van der Waals surface area contributed by atoms with Gasteiger partial charge in [0.05, 0.1) is 6.61 Å². The van der Waals surface area contributed by atoms with E-state index in [4.69, 9.17) is 9.47 Å². The zero-order valence-corrected chi connectivity index (χ0v) is 11.1. The van der Waals surface area contributed by atoms with Gasteiger partial charge in [0, 0.05) is 19.6 Å². The second kappa shape index (κ2) is 8.48. The third-order valence-electron chi connectivity index (χ3n) is 3.17. The van der Waals surface area contributed by atoms with Gasteiger partial charge in [-0.3, -0.25) is 9.69 Å². The molecule has 17 heavy (non-hydrogen) atoms. The van der Waals surface area contributed by atoms with Crippen LogP contribution in [0.25, 0.3) is 0 Å². The minimum Gasteiger partial charge on any atom is -0.464 e. The fraction of sp³-hybridized carbons (Fsp3) is 0.923. The van der Waals surface area contributed by atoms with E-state index in [2.05, 4.69) is 11.8 Å². The number of likely N-dealkylation sites (tertiary alicyclic amines) is 1. The van der Waals surface area contributed by atoms with Gasteiger partial charge in [-0.05, 0) is 32.9 Å². The first-order chi connectivity index (χ1) is 8.29. The van der Waals surface area contributed by atoms with Crippen molar-refractivity contribution in [2.24, 2.45) is 0 Å². The van der Waals surface area contributed by atoms with E-state index >= 15 is 0 Å². The van der Waals surface area contributed by atoms with Crippen molar-refractivity contribution in [1.82, 2.24) is 4.90 Å². The summed E-state index contributed by atoms with van der Waals surface area (Å²) in [7, 11) is 0. The Balaban J connectivity index is 2.20. The molecular formula is C13H25NO3. The van der Waals surface area contributed by atoms with Crippen LogP contribution in [-0.4, -0.2) is 49.8 Å². The topological polar surface area (TPSA) is 38.8 Å². The van der Waals surface area contributed by atoms with Gasteiger partial charge in [0.2, 0.25) is 0 Å². The van der Waals surface area contributed by atoms with Crippen LogP contribution in [0.2, 0.25) is 0 Å². The number of nitrogens with zero attached hydrogens (tertiary/aromatic N) is 1. The maximum Gasteiger partial charge on any atom is 0.323 e. The summed E-state index contributed by atoms with van der Waals surface area (Å²) in [5, 5.41) is 0. The molecule has 1 heterocycles. The standard InChI is InChI=1S/C13H25NO3/c1-3-14-9-6-5-8-12(14)13(15)17-11-7-10-16-4-2/h12H,3-11H2,1-2H3/t12-/m0/s1. The Morgan fingerprint density at radius 1 is 1.29 bits per heavy atom. The van der Waals surface area contributed by atoms with E-state index in [1.165, 1.54) is 6.42 Å². The molecule has 0 aromatic heterocycles. The highest BCUT2D eigenvalue weighted by molar-refractivity contribution is 5.75. The number of piperidine rings is 1. The number of hydrogen-bond donors (Lipinski definition) is 0. The first-order valence-corrected chi connectivity index (χ1v) is 6.78. The van der Waals surface area contributed by atoms with E-state index in [1.54, 1.807) is 0 Å². The third-order valence-corrected chi connectivity index (χ3v) is 3.17. The molecule has 100 valence electrons. The molecule has 0 bridgehead atoms. The molecule has 0 saturated carbocycles. The zero-order chi connectivity index (χ0) is 12.5. The maximum absolute atomic E-state index is 11.9. The predicted octanol–water partition coefficient (Wildman–Crippen LogP) is 1.83. The van der Waals surface area contributed by atoms with Crippen LogP contribution in [0.3, 0.4) is 0 Å². The van der Waals surface area contributed by atoms with Crippen molar-refractivity contribution in [3.63, 3.8) is 0 Å². The lowest BCUT2D eigenvalue weighted by Gasteiger charge is -2.32. The molecule has 4 nitrogen and oxygen atoms in total. The minimum atomic E-state index is -0.0527. The van der Waals surface area contributed by atoms with Gasteiger partial charge in [-0.15, -0.1) is 0 Å². The monoisotopic (exact) mass is 243 g/mol. The van der Waals surface area contributed by atoms with Crippen LogP contribution in [0.4, 0.5) is 0 Å². The number of esters is 1. The highest BCUT2D eigenvalue weighted by atomic mass is 16.5. The predicted molar refractivity (Wildman–Crippen MR) is 67.0 cm³/mol. The van der Waals surface area contributed by atoms with Crippen LogP contribution < -0.4 is 0 Å². The molecule has 1 aliphatic heterocycles. The number of likely N-dealkylation sites (N-methyl/N-ethyl adjacent to an activating group) is 1. The fourth-order valence-corrected chi connectivity index (χ4v) is 2.21. The number of carbonyl (C=O) groups is 1. The summed E-state index contributed by atoms with van der Waals surface area (Å²) in [5.41, 5.74) is 0. The SMILES string of the molecule is CCOCCCOC(=O)[C@@H]1CCCCN1CC. The molecule has 1 aliphatic rings. The smallest absolute Gasteiger partial charge is 0.323 e. The normalized spacial score (nSPS) is 21.4. The summed E-state index contributed by atoms with van der Waals surface area (Å²) in [5.74, 6) is -0.0527. The highest BCUT2D eigenvalue weighted by Crippen LogP contribution is 2.17. The molecule has 0 radical (unpaired) electrons. The van der Waals surface area contributed by atoms with Gasteiger partial charge < -0.3 is 9.47 Å². The van der Waals surface area contributed by atoms with Crippen molar-refractivity contribution >= 4 is 5.97 Å². The van der Waals surface area contributed by atoms with Gasteiger partial charge >= 0.3 is 5.97 Å². The van der Waals surface area contributed by atoms with Crippen molar-refractivity contribution in [3.8, 4) is 0 Å². The van der Waals surface area contributed by atoms with Gasteiger partial charge in [-0.2, -0.15) is 0 Å². The average Bonchev–Trinajstić information content (AvgIpc) is 2.38. The third kappa shape index (κ3) is 5.04. The van der Waals surface area contributed by atoms with Crippen LogP contribution in [0, 0.1) is 0 Å². The zero-order valence-electron chi connectivity index (χ0n) is 11.1. The molecule has 4 heteroatoms. The maximum atomic E-state index is 11.9. The summed E-state index contributed by atoms with van der Waals surface area (Å²) in [6.07, 6.45) is 4.06. The van der Waals surface area contributed by atoms with Crippen LogP contribution in [0.15, 0.2) is 0 Å². The van der Waals surface area contributed by atoms with Gasteiger partial charge in [0.1, 0.15) is 6.04 Å². The van der Waals surface area contributed by atoms with Gasteiger partial charge in [-0.25, -0.2) is 0 Å². The summed E-state index contributed by atoms with van der Waals surface area (Å²) in [6, 6.07) is -0.0131. The number of ether oxygens (including phenoxy) is 2. The first-order valence-electron chi connectivity index (χ1n) is 6.78. The molecular weight excluding hydrogens is 218 g/mol. The molecule has 0 N–H and O–H groups in total. The minimum absolute atomic E-state index is 0.0131. The second-order valence-corrected chi connectivity index (χ2v) is 4.36. The highest BCUT2D eigenvalue weighted by Gasteiger charge is 2.28. The van der Waals surface area contributed by atoms with E-state index < -0.39 is 0 Å². The molecule has 1 saturated heterocycles. The Kier molecular flexibility index (Phi) is 7.21. The van der Waals surface area contributed by atoms with Gasteiger partial charge in [-0.1, -0.05) is 13.3 Å². The van der Waals surface area contributed by atoms with Crippen molar-refractivity contribution < 1.29 is 14.3 Å². The van der Waals surface area contributed by atoms with Crippen molar-refractivity contribution in [1.29, 1.82) is 0 Å². The Morgan fingerprint density at radius 3 is 2.82 bits per heavy atom. The number of carbonyl (C=O) groups excluding carboxylic acids is 1. The van der Waals surface area contributed by atoms with Crippen LogP contribution in [0.1, 0.15) is 39.5 Å². The van der Waals surface area contributed by atoms with Gasteiger partial charge in [0.25, 0.3) is 0 Å².